The van der Waals surface area contributed by atoms with Gasteiger partial charge >= 0.3 is 5.97 Å². The molecule has 0 aliphatic carbocycles. The van der Waals surface area contributed by atoms with Crippen LogP contribution in [0.3, 0.4) is 0 Å². The standard InChI is InChI=1S/C12H21NO4/c1-9(7-12(15)16)6-11(14)13(2)8-10-4-3-5-17-10/h9-10H,3-8H2,1-2H3,(H,15,16). The SMILES string of the molecule is CC(CC(=O)O)CC(=O)N(C)CC1CCCO1. The number of carboxylic acid groups (broad SMARTS) is 1. The smallest absolute Gasteiger partial charge is 0.303 e. The number of rotatable bonds is 6. The summed E-state index contributed by atoms with van der Waals surface area (Å²) in [6.45, 7) is 3.17. The Bertz CT molecular complexity index is 274. The Morgan fingerprint density at radius 1 is 1.47 bits per heavy atom. The zero-order valence-corrected chi connectivity index (χ0v) is 10.5. The van der Waals surface area contributed by atoms with Crippen LogP contribution in [0, 0.1) is 5.92 Å². The minimum Gasteiger partial charge on any atom is -0.481 e. The highest BCUT2D eigenvalue weighted by atomic mass is 16.5. The molecule has 1 heterocycles. The average Bonchev–Trinajstić information content (AvgIpc) is 2.68. The summed E-state index contributed by atoms with van der Waals surface area (Å²) < 4.78 is 5.46. The monoisotopic (exact) mass is 243 g/mol. The normalized spacial score (nSPS) is 21.2. The summed E-state index contributed by atoms with van der Waals surface area (Å²) in [4.78, 5) is 23.9. The second kappa shape index (κ2) is 6.59. The van der Waals surface area contributed by atoms with Crippen molar-refractivity contribution in [2.75, 3.05) is 20.2 Å². The Hall–Kier alpha value is -1.10. The number of carbonyl (C=O) groups excluding carboxylic acids is 1. The van der Waals surface area contributed by atoms with Crippen LogP contribution in [0.4, 0.5) is 0 Å². The molecule has 0 bridgehead atoms. The van der Waals surface area contributed by atoms with Gasteiger partial charge < -0.3 is 14.7 Å². The number of hydrogen-bond donors (Lipinski definition) is 1. The largest absolute Gasteiger partial charge is 0.481 e. The van der Waals surface area contributed by atoms with Crippen LogP contribution < -0.4 is 0 Å². The minimum atomic E-state index is -0.855. The van der Waals surface area contributed by atoms with E-state index < -0.39 is 5.97 Å². The Morgan fingerprint density at radius 3 is 2.71 bits per heavy atom. The summed E-state index contributed by atoms with van der Waals surface area (Å²) in [6.07, 6.45) is 2.54. The van der Waals surface area contributed by atoms with Gasteiger partial charge in [-0.15, -0.1) is 0 Å². The maximum Gasteiger partial charge on any atom is 0.303 e. The highest BCUT2D eigenvalue weighted by Crippen LogP contribution is 2.14. The van der Waals surface area contributed by atoms with Gasteiger partial charge in [0.15, 0.2) is 0 Å². The van der Waals surface area contributed by atoms with E-state index in [0.717, 1.165) is 19.4 Å². The van der Waals surface area contributed by atoms with Crippen LogP contribution in [0.1, 0.15) is 32.6 Å². The van der Waals surface area contributed by atoms with Gasteiger partial charge in [0.2, 0.25) is 5.91 Å². The second-order valence-electron chi connectivity index (χ2n) is 4.82. The van der Waals surface area contributed by atoms with E-state index in [1.807, 2.05) is 0 Å². The lowest BCUT2D eigenvalue weighted by Gasteiger charge is -2.22. The molecule has 2 unspecified atom stereocenters. The van der Waals surface area contributed by atoms with E-state index >= 15 is 0 Å². The van der Waals surface area contributed by atoms with Crippen LogP contribution in [0.2, 0.25) is 0 Å². The lowest BCUT2D eigenvalue weighted by atomic mass is 10.0. The van der Waals surface area contributed by atoms with E-state index in [1.54, 1.807) is 18.9 Å². The van der Waals surface area contributed by atoms with Crippen molar-refractivity contribution in [2.45, 2.75) is 38.7 Å². The maximum absolute atomic E-state index is 11.8. The van der Waals surface area contributed by atoms with Crippen molar-refractivity contribution >= 4 is 11.9 Å². The third-order valence-electron chi connectivity index (χ3n) is 2.97. The van der Waals surface area contributed by atoms with Crippen LogP contribution in [0.5, 0.6) is 0 Å². The fraction of sp³-hybridized carbons (Fsp3) is 0.833. The first-order valence-corrected chi connectivity index (χ1v) is 6.06. The number of hydrogen-bond acceptors (Lipinski definition) is 3. The highest BCUT2D eigenvalue weighted by Gasteiger charge is 2.21. The minimum absolute atomic E-state index is 0.00532. The van der Waals surface area contributed by atoms with E-state index in [2.05, 4.69) is 0 Å². The van der Waals surface area contributed by atoms with E-state index in [-0.39, 0.29) is 30.8 Å². The van der Waals surface area contributed by atoms with Gasteiger partial charge in [-0.25, -0.2) is 0 Å². The molecule has 1 aliphatic rings. The third-order valence-corrected chi connectivity index (χ3v) is 2.97. The van der Waals surface area contributed by atoms with Crippen LogP contribution in [0.15, 0.2) is 0 Å². The van der Waals surface area contributed by atoms with Crippen LogP contribution in [0.25, 0.3) is 0 Å². The van der Waals surface area contributed by atoms with Gasteiger partial charge in [0, 0.05) is 33.0 Å². The van der Waals surface area contributed by atoms with Crippen LogP contribution in [-0.4, -0.2) is 48.2 Å². The number of ether oxygens (including phenoxy) is 1. The lowest BCUT2D eigenvalue weighted by molar-refractivity contribution is -0.138. The number of amides is 1. The molecule has 1 amide bonds. The number of aliphatic carboxylic acids is 1. The Kier molecular flexibility index (Phi) is 5.41. The zero-order valence-electron chi connectivity index (χ0n) is 10.5. The number of carboxylic acids is 1. The summed E-state index contributed by atoms with van der Waals surface area (Å²) in [5.74, 6) is -0.978. The molecule has 0 aromatic heterocycles. The number of carbonyl (C=O) groups is 2. The second-order valence-corrected chi connectivity index (χ2v) is 4.82. The molecule has 0 radical (unpaired) electrons. The maximum atomic E-state index is 11.8. The summed E-state index contributed by atoms with van der Waals surface area (Å²) in [5.41, 5.74) is 0. The summed E-state index contributed by atoms with van der Waals surface area (Å²) >= 11 is 0. The molecule has 0 aromatic carbocycles. The van der Waals surface area contributed by atoms with Gasteiger partial charge in [0.1, 0.15) is 0 Å². The number of nitrogens with zero attached hydrogens (tertiary/aromatic N) is 1. The fourth-order valence-electron chi connectivity index (χ4n) is 2.02. The van der Waals surface area contributed by atoms with E-state index in [9.17, 15) is 9.59 Å². The van der Waals surface area contributed by atoms with Crippen molar-refractivity contribution < 1.29 is 19.4 Å². The van der Waals surface area contributed by atoms with Gasteiger partial charge in [0.05, 0.1) is 6.10 Å². The lowest BCUT2D eigenvalue weighted by Crippen LogP contribution is -2.34. The molecule has 1 fully saturated rings. The molecule has 5 heteroatoms. The topological polar surface area (TPSA) is 66.8 Å². The first-order chi connectivity index (χ1) is 7.99. The molecule has 0 aromatic rings. The van der Waals surface area contributed by atoms with Crippen molar-refractivity contribution in [1.82, 2.24) is 4.90 Å². The summed E-state index contributed by atoms with van der Waals surface area (Å²) in [5, 5.41) is 8.62. The predicted molar refractivity (Wildman–Crippen MR) is 62.6 cm³/mol. The van der Waals surface area contributed by atoms with Gasteiger partial charge in [-0.05, 0) is 18.8 Å². The van der Waals surface area contributed by atoms with Gasteiger partial charge in [-0.2, -0.15) is 0 Å². The van der Waals surface area contributed by atoms with Gasteiger partial charge in [-0.3, -0.25) is 9.59 Å². The molecule has 0 spiro atoms. The van der Waals surface area contributed by atoms with Gasteiger partial charge in [0.25, 0.3) is 0 Å². The molecule has 1 rings (SSSR count). The first kappa shape index (κ1) is 14.0. The molecule has 1 saturated heterocycles. The first-order valence-electron chi connectivity index (χ1n) is 6.06. The molecule has 98 valence electrons. The summed E-state index contributed by atoms with van der Waals surface area (Å²) in [7, 11) is 1.75. The van der Waals surface area contributed by atoms with Crippen LogP contribution in [-0.2, 0) is 14.3 Å². The average molecular weight is 243 g/mol. The predicted octanol–water partition coefficient (Wildman–Crippen LogP) is 1.12. The van der Waals surface area contributed by atoms with Crippen molar-refractivity contribution in [3.8, 4) is 0 Å². The molecule has 1 N–H and O–H groups in total. The Balaban J connectivity index is 2.27. The van der Waals surface area contributed by atoms with Crippen molar-refractivity contribution in [3.05, 3.63) is 0 Å². The quantitative estimate of drug-likeness (QED) is 0.759. The van der Waals surface area contributed by atoms with Crippen molar-refractivity contribution in [1.29, 1.82) is 0 Å². The molecule has 1 aliphatic heterocycles. The Labute approximate surface area is 102 Å². The molecule has 2 atom stereocenters. The molecular formula is C12H21NO4. The molecule has 17 heavy (non-hydrogen) atoms. The molecular weight excluding hydrogens is 222 g/mol. The van der Waals surface area contributed by atoms with E-state index in [4.69, 9.17) is 9.84 Å². The van der Waals surface area contributed by atoms with Gasteiger partial charge in [-0.1, -0.05) is 6.92 Å². The van der Waals surface area contributed by atoms with Crippen molar-refractivity contribution in [3.63, 3.8) is 0 Å². The summed E-state index contributed by atoms with van der Waals surface area (Å²) in [6, 6.07) is 0. The zero-order chi connectivity index (χ0) is 12.8. The van der Waals surface area contributed by atoms with E-state index in [0.29, 0.717) is 6.54 Å². The fourth-order valence-corrected chi connectivity index (χ4v) is 2.02. The Morgan fingerprint density at radius 2 is 2.18 bits per heavy atom. The van der Waals surface area contributed by atoms with Crippen LogP contribution >= 0.6 is 0 Å². The molecule has 0 saturated carbocycles. The third kappa shape index (κ3) is 5.17. The van der Waals surface area contributed by atoms with E-state index in [1.165, 1.54) is 0 Å². The van der Waals surface area contributed by atoms with Crippen molar-refractivity contribution in [2.24, 2.45) is 5.92 Å². The molecule has 5 nitrogen and oxygen atoms in total. The number of likely N-dealkylation sites (N-methyl/N-ethyl adjacent to an activating group) is 1. The highest BCUT2D eigenvalue weighted by molar-refractivity contribution is 5.77.